The van der Waals surface area contributed by atoms with E-state index in [1.807, 2.05) is 0 Å². The number of carbonyl (C=O) groups is 1. The number of thiazole rings is 1. The first-order chi connectivity index (χ1) is 8.08. The Labute approximate surface area is 98.9 Å². The average molecular weight is 255 g/mol. The molecule has 0 saturated carbocycles. The third-order valence-electron chi connectivity index (χ3n) is 2.19. The van der Waals surface area contributed by atoms with E-state index in [1.54, 1.807) is 0 Å². The Kier molecular flexibility index (Phi) is 3.14. The molecule has 0 spiro atoms. The summed E-state index contributed by atoms with van der Waals surface area (Å²) in [6, 6.07) is 2.72. The van der Waals surface area contributed by atoms with Gasteiger partial charge in [-0.05, 0) is 12.1 Å². The molecule has 0 amide bonds. The largest absolute Gasteiger partial charge is 0.307 e. The van der Waals surface area contributed by atoms with Crippen molar-refractivity contribution < 1.29 is 13.6 Å². The van der Waals surface area contributed by atoms with Crippen molar-refractivity contribution in [3.8, 4) is 0 Å². The van der Waals surface area contributed by atoms with Gasteiger partial charge in [-0.2, -0.15) is 0 Å². The summed E-state index contributed by atoms with van der Waals surface area (Å²) in [5.74, 6) is -2.23. The molecule has 0 N–H and O–H groups in total. The third kappa shape index (κ3) is 2.47. The van der Waals surface area contributed by atoms with E-state index >= 15 is 0 Å². The molecule has 1 aromatic heterocycles. The number of rotatable bonds is 3. The summed E-state index contributed by atoms with van der Waals surface area (Å²) in [5.41, 5.74) is -0.218. The van der Waals surface area contributed by atoms with Crippen molar-refractivity contribution in [2.45, 2.75) is 6.54 Å². The van der Waals surface area contributed by atoms with Gasteiger partial charge in [-0.15, -0.1) is 0 Å². The average Bonchev–Trinajstić information content (AvgIpc) is 2.64. The maximum absolute atomic E-state index is 13.3. The molecule has 2 aromatic rings. The predicted octanol–water partition coefficient (Wildman–Crippen LogP) is 2.07. The summed E-state index contributed by atoms with van der Waals surface area (Å²) in [7, 11) is 0. The lowest BCUT2D eigenvalue weighted by Gasteiger charge is -2.02. The molecule has 0 fully saturated rings. The Morgan fingerprint density at radius 3 is 2.71 bits per heavy atom. The highest BCUT2D eigenvalue weighted by atomic mass is 32.1. The summed E-state index contributed by atoms with van der Waals surface area (Å²) in [4.78, 5) is 22.6. The van der Waals surface area contributed by atoms with E-state index < -0.39 is 17.4 Å². The van der Waals surface area contributed by atoms with Crippen molar-refractivity contribution in [3.63, 3.8) is 0 Å². The van der Waals surface area contributed by atoms with E-state index in [0.29, 0.717) is 6.07 Å². The molecular formula is C11H7F2NO2S. The Morgan fingerprint density at radius 1 is 1.35 bits per heavy atom. The molecule has 0 aliphatic carbocycles. The van der Waals surface area contributed by atoms with Crippen LogP contribution in [0.1, 0.15) is 10.4 Å². The predicted molar refractivity (Wildman–Crippen MR) is 59.3 cm³/mol. The van der Waals surface area contributed by atoms with E-state index in [-0.39, 0.29) is 17.0 Å². The zero-order valence-electron chi connectivity index (χ0n) is 8.52. The van der Waals surface area contributed by atoms with E-state index in [1.165, 1.54) is 16.1 Å². The fourth-order valence-electron chi connectivity index (χ4n) is 1.36. The van der Waals surface area contributed by atoms with Crippen LogP contribution in [0.15, 0.2) is 34.6 Å². The van der Waals surface area contributed by atoms with Gasteiger partial charge in [-0.25, -0.2) is 8.78 Å². The fraction of sp³-hybridized carbons (Fsp3) is 0.0909. The summed E-state index contributed by atoms with van der Waals surface area (Å²) < 4.78 is 27.1. The van der Waals surface area contributed by atoms with Crippen LogP contribution in [0.3, 0.4) is 0 Å². The SMILES string of the molecule is O=C(Cn1ccsc1=O)c1ccc(F)cc1F. The molecule has 0 aliphatic rings. The molecule has 2 rings (SSSR count). The van der Waals surface area contributed by atoms with Gasteiger partial charge in [-0.3, -0.25) is 14.2 Å². The lowest BCUT2D eigenvalue weighted by atomic mass is 10.1. The highest BCUT2D eigenvalue weighted by Gasteiger charge is 2.13. The van der Waals surface area contributed by atoms with Gasteiger partial charge in [0.1, 0.15) is 11.6 Å². The number of hydrogen-bond acceptors (Lipinski definition) is 3. The lowest BCUT2D eigenvalue weighted by molar-refractivity contribution is 0.0967. The second kappa shape index (κ2) is 4.58. The van der Waals surface area contributed by atoms with E-state index in [0.717, 1.165) is 23.5 Å². The second-order valence-electron chi connectivity index (χ2n) is 3.34. The van der Waals surface area contributed by atoms with Crippen molar-refractivity contribution in [2.75, 3.05) is 0 Å². The van der Waals surface area contributed by atoms with Gasteiger partial charge in [-0.1, -0.05) is 11.3 Å². The Hall–Kier alpha value is -1.82. The Bertz CT molecular complexity index is 618. The highest BCUT2D eigenvalue weighted by Crippen LogP contribution is 2.11. The molecule has 0 aliphatic heterocycles. The number of benzene rings is 1. The summed E-state index contributed by atoms with van der Waals surface area (Å²) in [5, 5.41) is 1.54. The topological polar surface area (TPSA) is 39.1 Å². The second-order valence-corrected chi connectivity index (χ2v) is 4.20. The minimum absolute atomic E-state index is 0.218. The van der Waals surface area contributed by atoms with Crippen molar-refractivity contribution in [1.82, 2.24) is 4.57 Å². The van der Waals surface area contributed by atoms with E-state index in [2.05, 4.69) is 0 Å². The smallest absolute Gasteiger partial charge is 0.298 e. The fourth-order valence-corrected chi connectivity index (χ4v) is 1.95. The zero-order valence-corrected chi connectivity index (χ0v) is 9.34. The number of hydrogen-bond donors (Lipinski definition) is 0. The molecular weight excluding hydrogens is 248 g/mol. The molecule has 0 bridgehead atoms. The van der Waals surface area contributed by atoms with Crippen LogP contribution in [0.4, 0.5) is 8.78 Å². The Balaban J connectivity index is 2.26. The van der Waals surface area contributed by atoms with Crippen LogP contribution in [-0.4, -0.2) is 10.4 Å². The van der Waals surface area contributed by atoms with Crippen molar-refractivity contribution in [1.29, 1.82) is 0 Å². The highest BCUT2D eigenvalue weighted by molar-refractivity contribution is 7.07. The molecule has 0 radical (unpaired) electrons. The van der Waals surface area contributed by atoms with Gasteiger partial charge in [0.2, 0.25) is 0 Å². The lowest BCUT2D eigenvalue weighted by Crippen LogP contribution is -2.19. The van der Waals surface area contributed by atoms with E-state index in [4.69, 9.17) is 0 Å². The molecule has 1 aromatic carbocycles. The minimum Gasteiger partial charge on any atom is -0.298 e. The molecule has 17 heavy (non-hydrogen) atoms. The van der Waals surface area contributed by atoms with Gasteiger partial charge in [0.25, 0.3) is 0 Å². The first kappa shape index (κ1) is 11.7. The zero-order chi connectivity index (χ0) is 12.4. The maximum atomic E-state index is 13.3. The Morgan fingerprint density at radius 2 is 2.12 bits per heavy atom. The first-order valence-corrected chi connectivity index (χ1v) is 5.58. The number of Topliss-reactive ketones (excluding diaryl/α,β-unsaturated/α-hetero) is 1. The van der Waals surface area contributed by atoms with Crippen molar-refractivity contribution in [3.05, 3.63) is 56.6 Å². The minimum atomic E-state index is -0.918. The molecule has 0 saturated heterocycles. The van der Waals surface area contributed by atoms with Gasteiger partial charge in [0.05, 0.1) is 12.1 Å². The number of ketones is 1. The number of halogens is 2. The number of carbonyl (C=O) groups excluding carboxylic acids is 1. The molecule has 0 unspecified atom stereocenters. The van der Waals surface area contributed by atoms with Gasteiger partial charge in [0.15, 0.2) is 5.78 Å². The number of aromatic nitrogens is 1. The maximum Gasteiger partial charge on any atom is 0.307 e. The molecule has 6 heteroatoms. The summed E-state index contributed by atoms with van der Waals surface area (Å²) in [6.45, 7) is -0.245. The van der Waals surface area contributed by atoms with Crippen LogP contribution in [0, 0.1) is 11.6 Å². The van der Waals surface area contributed by atoms with Crippen LogP contribution in [0.5, 0.6) is 0 Å². The standard InChI is InChI=1S/C11H7F2NO2S/c12-7-1-2-8(9(13)5-7)10(15)6-14-3-4-17-11(14)16/h1-5H,6H2. The monoisotopic (exact) mass is 255 g/mol. The molecule has 3 nitrogen and oxygen atoms in total. The van der Waals surface area contributed by atoms with Crippen LogP contribution in [-0.2, 0) is 6.54 Å². The number of nitrogens with zero attached hydrogens (tertiary/aromatic N) is 1. The van der Waals surface area contributed by atoms with Gasteiger partial charge < -0.3 is 0 Å². The van der Waals surface area contributed by atoms with Gasteiger partial charge in [0, 0.05) is 17.6 Å². The van der Waals surface area contributed by atoms with Crippen LogP contribution in [0.25, 0.3) is 0 Å². The summed E-state index contributed by atoms with van der Waals surface area (Å²) >= 11 is 0.950. The van der Waals surface area contributed by atoms with Gasteiger partial charge >= 0.3 is 4.87 Å². The van der Waals surface area contributed by atoms with Crippen LogP contribution in [0.2, 0.25) is 0 Å². The van der Waals surface area contributed by atoms with Crippen LogP contribution >= 0.6 is 11.3 Å². The molecule has 88 valence electrons. The normalized spacial score (nSPS) is 10.5. The summed E-state index contributed by atoms with van der Waals surface area (Å²) in [6.07, 6.45) is 1.45. The van der Waals surface area contributed by atoms with Crippen LogP contribution < -0.4 is 4.87 Å². The third-order valence-corrected chi connectivity index (χ3v) is 2.88. The van der Waals surface area contributed by atoms with Crippen molar-refractivity contribution in [2.24, 2.45) is 0 Å². The quantitative estimate of drug-likeness (QED) is 0.787. The molecule has 0 atom stereocenters. The first-order valence-electron chi connectivity index (χ1n) is 4.70. The van der Waals surface area contributed by atoms with E-state index in [9.17, 15) is 18.4 Å². The molecule has 1 heterocycles. The van der Waals surface area contributed by atoms with Crippen molar-refractivity contribution >= 4 is 17.1 Å².